The van der Waals surface area contributed by atoms with E-state index in [-0.39, 0.29) is 5.02 Å². The maximum atomic E-state index is 13.0. The van der Waals surface area contributed by atoms with Crippen LogP contribution >= 0.6 is 11.6 Å². The fourth-order valence-electron chi connectivity index (χ4n) is 1.53. The Bertz CT molecular complexity index is 526. The van der Waals surface area contributed by atoms with Gasteiger partial charge in [0, 0.05) is 18.8 Å². The van der Waals surface area contributed by atoms with E-state index >= 15 is 0 Å². The summed E-state index contributed by atoms with van der Waals surface area (Å²) in [4.78, 5) is 1.91. The zero-order chi connectivity index (χ0) is 12.4. The monoisotopic (exact) mass is 254 g/mol. The van der Waals surface area contributed by atoms with Gasteiger partial charge in [0.1, 0.15) is 11.6 Å². The van der Waals surface area contributed by atoms with Crippen LogP contribution in [0.15, 0.2) is 24.3 Å². The van der Waals surface area contributed by atoms with Crippen molar-refractivity contribution in [3.8, 4) is 0 Å². The maximum absolute atomic E-state index is 13.0. The summed E-state index contributed by atoms with van der Waals surface area (Å²) in [5.41, 5.74) is 7.21. The van der Waals surface area contributed by atoms with Crippen molar-refractivity contribution in [3.63, 3.8) is 0 Å². The number of aromatic nitrogens is 2. The van der Waals surface area contributed by atoms with E-state index in [1.54, 1.807) is 18.2 Å². The van der Waals surface area contributed by atoms with E-state index in [1.165, 1.54) is 6.07 Å². The molecule has 1 aromatic heterocycles. The minimum absolute atomic E-state index is 0.110. The van der Waals surface area contributed by atoms with Crippen LogP contribution in [0.25, 0.3) is 0 Å². The molecule has 0 fully saturated rings. The standard InChI is InChI=1S/C11H12ClFN4/c1-17(6-7-4-11(14)16-15-7)8-2-3-10(13)9(12)5-8/h2-5H,6H2,1H3,(H3,14,15,16). The van der Waals surface area contributed by atoms with E-state index in [2.05, 4.69) is 10.2 Å². The van der Waals surface area contributed by atoms with Gasteiger partial charge in [-0.25, -0.2) is 4.39 Å². The normalized spacial score (nSPS) is 10.5. The Morgan fingerprint density at radius 1 is 1.47 bits per heavy atom. The molecule has 4 nitrogen and oxygen atoms in total. The fourth-order valence-corrected chi connectivity index (χ4v) is 1.70. The molecule has 0 aliphatic rings. The summed E-state index contributed by atoms with van der Waals surface area (Å²) in [5.74, 6) is 0.0279. The summed E-state index contributed by atoms with van der Waals surface area (Å²) in [7, 11) is 1.88. The van der Waals surface area contributed by atoms with Gasteiger partial charge in [-0.3, -0.25) is 5.10 Å². The molecule has 1 aromatic carbocycles. The lowest BCUT2D eigenvalue weighted by molar-refractivity contribution is 0.628. The van der Waals surface area contributed by atoms with E-state index in [4.69, 9.17) is 17.3 Å². The highest BCUT2D eigenvalue weighted by Crippen LogP contribution is 2.22. The molecule has 0 atom stereocenters. The van der Waals surface area contributed by atoms with Gasteiger partial charge in [-0.05, 0) is 18.2 Å². The molecular formula is C11H12ClFN4. The van der Waals surface area contributed by atoms with Crippen LogP contribution in [0.1, 0.15) is 5.69 Å². The lowest BCUT2D eigenvalue weighted by atomic mass is 10.2. The molecule has 0 saturated carbocycles. The van der Waals surface area contributed by atoms with Crippen LogP contribution in [0.5, 0.6) is 0 Å². The van der Waals surface area contributed by atoms with Crippen LogP contribution in [-0.2, 0) is 6.54 Å². The van der Waals surface area contributed by atoms with Gasteiger partial charge in [-0.2, -0.15) is 5.10 Å². The second-order valence-electron chi connectivity index (χ2n) is 3.77. The Hall–Kier alpha value is -1.75. The molecule has 0 amide bonds. The molecule has 1 heterocycles. The fraction of sp³-hybridized carbons (Fsp3) is 0.182. The molecule has 3 N–H and O–H groups in total. The van der Waals surface area contributed by atoms with Gasteiger partial charge in [-0.1, -0.05) is 11.6 Å². The van der Waals surface area contributed by atoms with Crippen molar-refractivity contribution in [2.45, 2.75) is 6.54 Å². The minimum Gasteiger partial charge on any atom is -0.382 e. The molecule has 0 aliphatic heterocycles. The number of hydrogen-bond donors (Lipinski definition) is 2. The number of nitrogen functional groups attached to an aromatic ring is 1. The topological polar surface area (TPSA) is 57.9 Å². The third kappa shape index (κ3) is 2.68. The average molecular weight is 255 g/mol. The number of nitrogens with one attached hydrogen (secondary N) is 1. The van der Waals surface area contributed by atoms with Gasteiger partial charge in [0.25, 0.3) is 0 Å². The molecule has 0 aliphatic carbocycles. The highest BCUT2D eigenvalue weighted by atomic mass is 35.5. The first-order chi connectivity index (χ1) is 8.06. The number of rotatable bonds is 3. The van der Waals surface area contributed by atoms with Crippen molar-refractivity contribution in [2.24, 2.45) is 0 Å². The second kappa shape index (κ2) is 4.63. The summed E-state index contributed by atoms with van der Waals surface area (Å²) in [5, 5.41) is 6.75. The van der Waals surface area contributed by atoms with E-state index in [0.717, 1.165) is 11.4 Å². The van der Waals surface area contributed by atoms with Crippen LogP contribution in [-0.4, -0.2) is 17.2 Å². The van der Waals surface area contributed by atoms with Gasteiger partial charge in [-0.15, -0.1) is 0 Å². The number of anilines is 2. The van der Waals surface area contributed by atoms with Crippen LogP contribution < -0.4 is 10.6 Å². The van der Waals surface area contributed by atoms with Crippen molar-refractivity contribution >= 4 is 23.1 Å². The summed E-state index contributed by atoms with van der Waals surface area (Å²) < 4.78 is 13.0. The smallest absolute Gasteiger partial charge is 0.145 e. The third-order valence-electron chi connectivity index (χ3n) is 2.40. The van der Waals surface area contributed by atoms with Crippen molar-refractivity contribution in [1.82, 2.24) is 10.2 Å². The van der Waals surface area contributed by atoms with Crippen molar-refractivity contribution in [1.29, 1.82) is 0 Å². The number of nitrogens with two attached hydrogens (primary N) is 1. The summed E-state index contributed by atoms with van der Waals surface area (Å²) in [6, 6.07) is 6.34. The quantitative estimate of drug-likeness (QED) is 0.884. The summed E-state index contributed by atoms with van der Waals surface area (Å²) >= 11 is 5.72. The molecule has 17 heavy (non-hydrogen) atoms. The first-order valence-electron chi connectivity index (χ1n) is 5.02. The largest absolute Gasteiger partial charge is 0.382 e. The van der Waals surface area contributed by atoms with Crippen LogP contribution in [0.3, 0.4) is 0 Å². The molecule has 0 spiro atoms. The number of nitrogens with zero attached hydrogens (tertiary/aromatic N) is 2. The predicted octanol–water partition coefficient (Wildman–Crippen LogP) is 2.42. The highest BCUT2D eigenvalue weighted by molar-refractivity contribution is 6.31. The maximum Gasteiger partial charge on any atom is 0.145 e. The zero-order valence-electron chi connectivity index (χ0n) is 9.24. The molecule has 6 heteroatoms. The van der Waals surface area contributed by atoms with Gasteiger partial charge in [0.2, 0.25) is 0 Å². The van der Waals surface area contributed by atoms with Crippen LogP contribution in [0.2, 0.25) is 5.02 Å². The van der Waals surface area contributed by atoms with Gasteiger partial charge in [0.15, 0.2) is 0 Å². The Morgan fingerprint density at radius 3 is 2.82 bits per heavy atom. The molecular weight excluding hydrogens is 243 g/mol. The number of aromatic amines is 1. The third-order valence-corrected chi connectivity index (χ3v) is 2.69. The Kier molecular flexibility index (Phi) is 3.19. The number of halogens is 2. The first-order valence-corrected chi connectivity index (χ1v) is 5.40. The Morgan fingerprint density at radius 2 is 2.24 bits per heavy atom. The van der Waals surface area contributed by atoms with E-state index in [1.807, 2.05) is 11.9 Å². The van der Waals surface area contributed by atoms with Crippen molar-refractivity contribution in [3.05, 3.63) is 40.8 Å². The first kappa shape index (κ1) is 11.7. The summed E-state index contributed by atoms with van der Waals surface area (Å²) in [6.45, 7) is 0.589. The van der Waals surface area contributed by atoms with Crippen molar-refractivity contribution in [2.75, 3.05) is 17.7 Å². The SMILES string of the molecule is CN(Cc1cc(N)n[nH]1)c1ccc(F)c(Cl)c1. The van der Waals surface area contributed by atoms with Crippen molar-refractivity contribution < 1.29 is 4.39 Å². The van der Waals surface area contributed by atoms with Gasteiger partial charge in [0.05, 0.1) is 17.3 Å². The lowest BCUT2D eigenvalue weighted by Gasteiger charge is -2.18. The van der Waals surface area contributed by atoms with E-state index < -0.39 is 5.82 Å². The zero-order valence-corrected chi connectivity index (χ0v) is 10.0. The van der Waals surface area contributed by atoms with E-state index in [9.17, 15) is 4.39 Å². The molecule has 90 valence electrons. The van der Waals surface area contributed by atoms with Gasteiger partial charge >= 0.3 is 0 Å². The molecule has 0 unspecified atom stereocenters. The minimum atomic E-state index is -0.422. The molecule has 0 radical (unpaired) electrons. The van der Waals surface area contributed by atoms with Crippen LogP contribution in [0.4, 0.5) is 15.9 Å². The molecule has 2 rings (SSSR count). The summed E-state index contributed by atoms with van der Waals surface area (Å²) in [6.07, 6.45) is 0. The Balaban J connectivity index is 2.14. The number of benzene rings is 1. The molecule has 2 aromatic rings. The lowest BCUT2D eigenvalue weighted by Crippen LogP contribution is -2.16. The number of hydrogen-bond acceptors (Lipinski definition) is 3. The highest BCUT2D eigenvalue weighted by Gasteiger charge is 2.07. The molecule has 0 saturated heterocycles. The Labute approximate surface area is 103 Å². The molecule has 0 bridgehead atoms. The van der Waals surface area contributed by atoms with E-state index in [0.29, 0.717) is 12.4 Å². The average Bonchev–Trinajstić information content (AvgIpc) is 2.68. The second-order valence-corrected chi connectivity index (χ2v) is 4.18. The van der Waals surface area contributed by atoms with Gasteiger partial charge < -0.3 is 10.6 Å². The van der Waals surface area contributed by atoms with Crippen LogP contribution in [0, 0.1) is 5.82 Å². The number of H-pyrrole nitrogens is 1. The predicted molar refractivity (Wildman–Crippen MR) is 66.5 cm³/mol.